The molecule has 0 spiro atoms. The Hall–Kier alpha value is -3.35. The number of carbonyl (C=O) groups is 1. The minimum absolute atomic E-state index is 0.262. The summed E-state index contributed by atoms with van der Waals surface area (Å²) in [4.78, 5) is 13.0. The van der Waals surface area contributed by atoms with Crippen LogP contribution in [-0.4, -0.2) is 34.9 Å². The topological polar surface area (TPSA) is 78.3 Å². The SMILES string of the molecule is COc1cc(OC)cc(C(=O)N[C@@H](c2ccccc2)c2nnc(C)n2C)c1. The Balaban J connectivity index is 1.97. The van der Waals surface area contributed by atoms with Gasteiger partial charge in [0.1, 0.15) is 23.4 Å². The predicted octanol–water partition coefficient (Wildman–Crippen LogP) is 2.66. The molecule has 3 aromatic rings. The fraction of sp³-hybridized carbons (Fsp3) is 0.250. The van der Waals surface area contributed by atoms with Crippen LogP contribution in [0, 0.1) is 6.92 Å². The van der Waals surface area contributed by atoms with Gasteiger partial charge in [-0.1, -0.05) is 30.3 Å². The fourth-order valence-electron chi connectivity index (χ4n) is 2.77. The van der Waals surface area contributed by atoms with Crippen molar-refractivity contribution in [3.63, 3.8) is 0 Å². The van der Waals surface area contributed by atoms with Crippen LogP contribution in [0.1, 0.15) is 33.6 Å². The summed E-state index contributed by atoms with van der Waals surface area (Å²) in [6.45, 7) is 1.87. The van der Waals surface area contributed by atoms with Crippen LogP contribution in [0.15, 0.2) is 48.5 Å². The molecule has 2 aromatic carbocycles. The molecule has 0 aliphatic heterocycles. The lowest BCUT2D eigenvalue weighted by Crippen LogP contribution is -2.31. The molecule has 0 radical (unpaired) electrons. The largest absolute Gasteiger partial charge is 0.497 e. The molecule has 7 nitrogen and oxygen atoms in total. The molecule has 0 fully saturated rings. The lowest BCUT2D eigenvalue weighted by atomic mass is 10.1. The maximum Gasteiger partial charge on any atom is 0.252 e. The molecule has 140 valence electrons. The highest BCUT2D eigenvalue weighted by Crippen LogP contribution is 2.25. The second kappa shape index (κ2) is 7.90. The van der Waals surface area contributed by atoms with Gasteiger partial charge < -0.3 is 19.4 Å². The third-order valence-corrected chi connectivity index (χ3v) is 4.41. The lowest BCUT2D eigenvalue weighted by molar-refractivity contribution is 0.0940. The van der Waals surface area contributed by atoms with E-state index in [1.54, 1.807) is 32.4 Å². The van der Waals surface area contributed by atoms with Crippen molar-refractivity contribution >= 4 is 5.91 Å². The predicted molar refractivity (Wildman–Crippen MR) is 101 cm³/mol. The summed E-state index contributed by atoms with van der Waals surface area (Å²) in [7, 11) is 4.97. The van der Waals surface area contributed by atoms with Crippen LogP contribution in [0.3, 0.4) is 0 Å². The van der Waals surface area contributed by atoms with E-state index in [-0.39, 0.29) is 5.91 Å². The van der Waals surface area contributed by atoms with E-state index in [9.17, 15) is 4.79 Å². The normalized spacial score (nSPS) is 11.7. The van der Waals surface area contributed by atoms with E-state index in [2.05, 4.69) is 15.5 Å². The molecule has 1 amide bonds. The Morgan fingerprint density at radius 1 is 1.04 bits per heavy atom. The van der Waals surface area contributed by atoms with Gasteiger partial charge in [-0.05, 0) is 24.6 Å². The van der Waals surface area contributed by atoms with Gasteiger partial charge in [0, 0.05) is 18.7 Å². The molecule has 0 saturated carbocycles. The van der Waals surface area contributed by atoms with Gasteiger partial charge in [0.15, 0.2) is 5.82 Å². The van der Waals surface area contributed by atoms with Crippen molar-refractivity contribution in [1.82, 2.24) is 20.1 Å². The molecule has 0 unspecified atom stereocenters. The van der Waals surface area contributed by atoms with E-state index < -0.39 is 6.04 Å². The van der Waals surface area contributed by atoms with E-state index in [4.69, 9.17) is 9.47 Å². The molecule has 7 heteroatoms. The number of rotatable bonds is 6. The summed E-state index contributed by atoms with van der Waals surface area (Å²) in [5.74, 6) is 2.25. The number of hydrogen-bond acceptors (Lipinski definition) is 5. The van der Waals surface area contributed by atoms with E-state index in [1.807, 2.05) is 48.9 Å². The molecule has 1 heterocycles. The summed E-state index contributed by atoms with van der Waals surface area (Å²) >= 11 is 0. The third-order valence-electron chi connectivity index (χ3n) is 4.41. The quantitative estimate of drug-likeness (QED) is 0.726. The lowest BCUT2D eigenvalue weighted by Gasteiger charge is -2.19. The van der Waals surface area contributed by atoms with Gasteiger partial charge in [-0.25, -0.2) is 0 Å². The highest BCUT2D eigenvalue weighted by atomic mass is 16.5. The van der Waals surface area contributed by atoms with Gasteiger partial charge >= 0.3 is 0 Å². The zero-order valence-corrected chi connectivity index (χ0v) is 15.8. The molecule has 0 aliphatic carbocycles. The first-order valence-electron chi connectivity index (χ1n) is 8.48. The van der Waals surface area contributed by atoms with Gasteiger partial charge in [0.05, 0.1) is 14.2 Å². The standard InChI is InChI=1S/C20H22N4O3/c1-13-22-23-19(24(13)2)18(14-8-6-5-7-9-14)21-20(25)15-10-16(26-3)12-17(11-15)27-4/h5-12,18H,1-4H3,(H,21,25)/t18-/m0/s1. The van der Waals surface area contributed by atoms with Crippen LogP contribution in [-0.2, 0) is 7.05 Å². The van der Waals surface area contributed by atoms with Gasteiger partial charge in [0.2, 0.25) is 0 Å². The molecular formula is C20H22N4O3. The Morgan fingerprint density at radius 2 is 1.67 bits per heavy atom. The summed E-state index contributed by atoms with van der Waals surface area (Å²) in [5.41, 5.74) is 1.35. The molecule has 1 atom stereocenters. The Bertz CT molecular complexity index is 915. The van der Waals surface area contributed by atoms with Crippen LogP contribution < -0.4 is 14.8 Å². The van der Waals surface area contributed by atoms with Crippen LogP contribution in [0.2, 0.25) is 0 Å². The summed E-state index contributed by atoms with van der Waals surface area (Å²) in [6, 6.07) is 14.3. The zero-order chi connectivity index (χ0) is 19.4. The average molecular weight is 366 g/mol. The molecule has 0 bridgehead atoms. The Kier molecular flexibility index (Phi) is 5.40. The minimum Gasteiger partial charge on any atom is -0.497 e. The number of aryl methyl sites for hydroxylation is 1. The molecule has 27 heavy (non-hydrogen) atoms. The number of aromatic nitrogens is 3. The van der Waals surface area contributed by atoms with Crippen molar-refractivity contribution < 1.29 is 14.3 Å². The molecule has 1 N–H and O–H groups in total. The number of carbonyl (C=O) groups excluding carboxylic acids is 1. The van der Waals surface area contributed by atoms with Gasteiger partial charge in [-0.15, -0.1) is 10.2 Å². The average Bonchev–Trinajstić information content (AvgIpc) is 3.04. The molecule has 1 aromatic heterocycles. The van der Waals surface area contributed by atoms with Crippen molar-refractivity contribution in [2.45, 2.75) is 13.0 Å². The van der Waals surface area contributed by atoms with Crippen molar-refractivity contribution in [2.24, 2.45) is 7.05 Å². The first-order chi connectivity index (χ1) is 13.0. The van der Waals surface area contributed by atoms with E-state index in [0.29, 0.717) is 22.9 Å². The van der Waals surface area contributed by atoms with Gasteiger partial charge in [-0.3, -0.25) is 4.79 Å². The smallest absolute Gasteiger partial charge is 0.252 e. The third kappa shape index (κ3) is 3.92. The van der Waals surface area contributed by atoms with Crippen molar-refractivity contribution in [3.05, 3.63) is 71.3 Å². The molecule has 3 rings (SSSR count). The summed E-state index contributed by atoms with van der Waals surface area (Å²) in [6.07, 6.45) is 0. The van der Waals surface area contributed by atoms with Crippen LogP contribution >= 0.6 is 0 Å². The van der Waals surface area contributed by atoms with Crippen molar-refractivity contribution in [3.8, 4) is 11.5 Å². The highest BCUT2D eigenvalue weighted by molar-refractivity contribution is 5.95. The zero-order valence-electron chi connectivity index (χ0n) is 15.8. The van der Waals surface area contributed by atoms with Gasteiger partial charge in [0.25, 0.3) is 5.91 Å². The second-order valence-electron chi connectivity index (χ2n) is 6.08. The number of nitrogens with one attached hydrogen (secondary N) is 1. The van der Waals surface area contributed by atoms with Crippen molar-refractivity contribution in [2.75, 3.05) is 14.2 Å². The van der Waals surface area contributed by atoms with Crippen LogP contribution in [0.4, 0.5) is 0 Å². The van der Waals surface area contributed by atoms with E-state index in [0.717, 1.165) is 11.4 Å². The minimum atomic E-state index is -0.443. The number of ether oxygens (including phenoxy) is 2. The number of benzene rings is 2. The maximum atomic E-state index is 13.0. The Labute approximate surface area is 158 Å². The first kappa shape index (κ1) is 18.4. The Morgan fingerprint density at radius 3 is 2.19 bits per heavy atom. The fourth-order valence-corrected chi connectivity index (χ4v) is 2.77. The molecular weight excluding hydrogens is 344 g/mol. The number of nitrogens with zero attached hydrogens (tertiary/aromatic N) is 3. The molecule has 0 aliphatic rings. The van der Waals surface area contributed by atoms with Crippen LogP contribution in [0.5, 0.6) is 11.5 Å². The number of amides is 1. The van der Waals surface area contributed by atoms with Gasteiger partial charge in [-0.2, -0.15) is 0 Å². The monoisotopic (exact) mass is 366 g/mol. The number of methoxy groups -OCH3 is 2. The number of hydrogen-bond donors (Lipinski definition) is 1. The second-order valence-corrected chi connectivity index (χ2v) is 6.08. The van der Waals surface area contributed by atoms with Crippen molar-refractivity contribution in [1.29, 1.82) is 0 Å². The highest BCUT2D eigenvalue weighted by Gasteiger charge is 2.23. The summed E-state index contributed by atoms with van der Waals surface area (Å²) in [5, 5.41) is 11.4. The maximum absolute atomic E-state index is 13.0. The van der Waals surface area contributed by atoms with E-state index >= 15 is 0 Å². The van der Waals surface area contributed by atoms with E-state index in [1.165, 1.54) is 0 Å². The van der Waals surface area contributed by atoms with Crippen LogP contribution in [0.25, 0.3) is 0 Å². The molecule has 0 saturated heterocycles. The summed E-state index contributed by atoms with van der Waals surface area (Å²) < 4.78 is 12.4. The first-order valence-corrected chi connectivity index (χ1v) is 8.48.